The van der Waals surface area contributed by atoms with E-state index >= 15 is 0 Å². The van der Waals surface area contributed by atoms with Crippen molar-refractivity contribution in [2.45, 2.75) is 18.0 Å². The standard InChI is InChI=1S/C27H22Cl2F3N3O/c1-18(28)15-26(20-5-3-2-4-6-20)17-35(34-25(26)19-7-11-22(29)12-8-19)16-24(36)33-23-13-9-21(10-14-23)27(30,31)32/h2-14H,1,15-17H2,(H,33,36). The fourth-order valence-electron chi connectivity index (χ4n) is 4.36. The summed E-state index contributed by atoms with van der Waals surface area (Å²) in [4.78, 5) is 12.8. The number of rotatable bonds is 7. The number of nitrogens with zero attached hydrogens (tertiary/aromatic N) is 2. The number of carbonyl (C=O) groups is 1. The average molecular weight is 532 g/mol. The zero-order valence-corrected chi connectivity index (χ0v) is 20.5. The lowest BCUT2D eigenvalue weighted by molar-refractivity contribution is -0.137. The zero-order valence-electron chi connectivity index (χ0n) is 19.0. The maximum Gasteiger partial charge on any atom is 0.416 e. The Kier molecular flexibility index (Phi) is 7.43. The van der Waals surface area contributed by atoms with E-state index in [1.807, 2.05) is 42.5 Å². The smallest absolute Gasteiger partial charge is 0.324 e. The molecule has 186 valence electrons. The maximum absolute atomic E-state index is 12.8. The SMILES string of the molecule is C=C(Cl)CC1(c2ccccc2)CN(CC(=O)Nc2ccc(C(F)(F)F)cc2)N=C1c1ccc(Cl)cc1. The van der Waals surface area contributed by atoms with Gasteiger partial charge in [0.1, 0.15) is 6.54 Å². The van der Waals surface area contributed by atoms with Crippen LogP contribution in [0.1, 0.15) is 23.1 Å². The van der Waals surface area contributed by atoms with E-state index in [0.29, 0.717) is 23.0 Å². The van der Waals surface area contributed by atoms with Crippen molar-refractivity contribution >= 4 is 40.5 Å². The molecule has 0 bridgehead atoms. The number of nitrogens with one attached hydrogen (secondary N) is 1. The number of anilines is 1. The first-order valence-corrected chi connectivity index (χ1v) is 11.8. The van der Waals surface area contributed by atoms with Gasteiger partial charge < -0.3 is 5.32 Å². The lowest BCUT2D eigenvalue weighted by Crippen LogP contribution is -2.40. The lowest BCUT2D eigenvalue weighted by atomic mass is 9.72. The molecule has 1 amide bonds. The third-order valence-electron chi connectivity index (χ3n) is 5.91. The van der Waals surface area contributed by atoms with Gasteiger partial charge in [-0.3, -0.25) is 9.80 Å². The minimum absolute atomic E-state index is 0.110. The molecule has 0 aliphatic carbocycles. The van der Waals surface area contributed by atoms with Gasteiger partial charge in [-0.05, 0) is 53.9 Å². The highest BCUT2D eigenvalue weighted by Crippen LogP contribution is 2.41. The normalized spacial score (nSPS) is 17.6. The molecule has 0 radical (unpaired) electrons. The minimum atomic E-state index is -4.45. The monoisotopic (exact) mass is 531 g/mol. The molecule has 1 heterocycles. The van der Waals surface area contributed by atoms with Gasteiger partial charge in [-0.1, -0.05) is 72.2 Å². The van der Waals surface area contributed by atoms with Crippen LogP contribution in [0.3, 0.4) is 0 Å². The van der Waals surface area contributed by atoms with E-state index in [-0.39, 0.29) is 12.2 Å². The van der Waals surface area contributed by atoms with Crippen molar-refractivity contribution < 1.29 is 18.0 Å². The Labute approximate surface area is 217 Å². The summed E-state index contributed by atoms with van der Waals surface area (Å²) in [6.07, 6.45) is -4.06. The van der Waals surface area contributed by atoms with Gasteiger partial charge in [0.05, 0.1) is 23.2 Å². The predicted molar refractivity (Wildman–Crippen MR) is 137 cm³/mol. The maximum atomic E-state index is 12.8. The number of amides is 1. The number of hydrogen-bond donors (Lipinski definition) is 1. The fraction of sp³-hybridized carbons (Fsp3) is 0.185. The van der Waals surface area contributed by atoms with E-state index in [9.17, 15) is 18.0 Å². The van der Waals surface area contributed by atoms with Crippen LogP contribution in [0.2, 0.25) is 5.02 Å². The van der Waals surface area contributed by atoms with E-state index in [4.69, 9.17) is 28.3 Å². The number of hydrogen-bond acceptors (Lipinski definition) is 3. The van der Waals surface area contributed by atoms with E-state index in [2.05, 4.69) is 11.9 Å². The molecule has 0 aromatic heterocycles. The van der Waals surface area contributed by atoms with E-state index < -0.39 is 23.1 Å². The second-order valence-corrected chi connectivity index (χ2v) is 9.51. The highest BCUT2D eigenvalue weighted by atomic mass is 35.5. The summed E-state index contributed by atoms with van der Waals surface area (Å²) in [5, 5.41) is 10.1. The van der Waals surface area contributed by atoms with Crippen LogP contribution in [0.4, 0.5) is 18.9 Å². The van der Waals surface area contributed by atoms with Crippen LogP contribution in [0.5, 0.6) is 0 Å². The number of hydrazone groups is 1. The molecule has 4 nitrogen and oxygen atoms in total. The van der Waals surface area contributed by atoms with Crippen molar-refractivity contribution in [1.29, 1.82) is 0 Å². The fourth-order valence-corrected chi connectivity index (χ4v) is 4.71. The summed E-state index contributed by atoms with van der Waals surface area (Å²) in [5.74, 6) is -0.414. The number of alkyl halides is 3. The van der Waals surface area contributed by atoms with E-state index in [1.54, 1.807) is 17.1 Å². The number of allylic oxidation sites excluding steroid dienone is 1. The molecule has 0 saturated carbocycles. The average Bonchev–Trinajstić information content (AvgIpc) is 3.17. The van der Waals surface area contributed by atoms with Crippen LogP contribution in [0.15, 0.2) is 95.6 Å². The predicted octanol–water partition coefficient (Wildman–Crippen LogP) is 7.10. The molecule has 0 saturated heterocycles. The molecule has 3 aromatic rings. The Morgan fingerprint density at radius 2 is 1.67 bits per heavy atom. The lowest BCUT2D eigenvalue weighted by Gasteiger charge is -2.31. The van der Waals surface area contributed by atoms with Gasteiger partial charge >= 0.3 is 6.18 Å². The topological polar surface area (TPSA) is 44.7 Å². The van der Waals surface area contributed by atoms with Crippen LogP contribution in [-0.4, -0.2) is 29.7 Å². The van der Waals surface area contributed by atoms with Crippen molar-refractivity contribution in [3.05, 3.63) is 112 Å². The Balaban J connectivity index is 1.62. The van der Waals surface area contributed by atoms with Crippen LogP contribution >= 0.6 is 23.2 Å². The number of halogens is 5. The Hall–Kier alpha value is -3.29. The Morgan fingerprint density at radius 1 is 1.03 bits per heavy atom. The molecule has 0 spiro atoms. The van der Waals surface area contributed by atoms with Crippen molar-refractivity contribution in [3.8, 4) is 0 Å². The van der Waals surface area contributed by atoms with E-state index in [0.717, 1.165) is 29.0 Å². The highest BCUT2D eigenvalue weighted by molar-refractivity contribution is 6.31. The third-order valence-corrected chi connectivity index (χ3v) is 6.29. The molecule has 0 fully saturated rings. The van der Waals surface area contributed by atoms with Crippen molar-refractivity contribution in [2.24, 2.45) is 5.10 Å². The summed E-state index contributed by atoms with van der Waals surface area (Å²) >= 11 is 12.4. The van der Waals surface area contributed by atoms with Gasteiger partial charge in [-0.2, -0.15) is 18.3 Å². The summed E-state index contributed by atoms with van der Waals surface area (Å²) in [5.41, 5.74) is 1.30. The van der Waals surface area contributed by atoms with Gasteiger partial charge in [0, 0.05) is 15.7 Å². The van der Waals surface area contributed by atoms with E-state index in [1.165, 1.54) is 12.1 Å². The Bertz CT molecular complexity index is 1280. The summed E-state index contributed by atoms with van der Waals surface area (Å²) in [7, 11) is 0. The van der Waals surface area contributed by atoms with Gasteiger partial charge in [0.25, 0.3) is 0 Å². The number of benzene rings is 3. The molecule has 1 atom stereocenters. The second-order valence-electron chi connectivity index (χ2n) is 8.54. The van der Waals surface area contributed by atoms with Gasteiger partial charge in [0.2, 0.25) is 5.91 Å². The molecule has 4 rings (SSSR count). The zero-order chi connectivity index (χ0) is 25.9. The van der Waals surface area contributed by atoms with Crippen molar-refractivity contribution in [3.63, 3.8) is 0 Å². The molecule has 36 heavy (non-hydrogen) atoms. The first-order chi connectivity index (χ1) is 17.1. The third kappa shape index (κ3) is 5.74. The molecule has 1 N–H and O–H groups in total. The Morgan fingerprint density at radius 3 is 2.25 bits per heavy atom. The highest BCUT2D eigenvalue weighted by Gasteiger charge is 2.45. The summed E-state index contributed by atoms with van der Waals surface area (Å²) in [6, 6.07) is 21.3. The molecular formula is C27H22Cl2F3N3O. The van der Waals surface area contributed by atoms with Gasteiger partial charge in [-0.15, -0.1) is 0 Å². The molecular weight excluding hydrogens is 510 g/mol. The quantitative estimate of drug-likeness (QED) is 0.353. The van der Waals surface area contributed by atoms with Crippen LogP contribution < -0.4 is 5.32 Å². The largest absolute Gasteiger partial charge is 0.416 e. The van der Waals surface area contributed by atoms with Crippen molar-refractivity contribution in [2.75, 3.05) is 18.4 Å². The minimum Gasteiger partial charge on any atom is -0.324 e. The molecule has 3 aromatic carbocycles. The van der Waals surface area contributed by atoms with Crippen LogP contribution in [0, 0.1) is 0 Å². The second kappa shape index (κ2) is 10.4. The van der Waals surface area contributed by atoms with Crippen molar-refractivity contribution in [1.82, 2.24) is 5.01 Å². The molecule has 1 aliphatic heterocycles. The first kappa shape index (κ1) is 25.8. The molecule has 1 unspecified atom stereocenters. The number of carbonyl (C=O) groups excluding carboxylic acids is 1. The summed E-state index contributed by atoms with van der Waals surface area (Å²) in [6.45, 7) is 4.15. The van der Waals surface area contributed by atoms with Crippen LogP contribution in [0.25, 0.3) is 0 Å². The summed E-state index contributed by atoms with van der Waals surface area (Å²) < 4.78 is 38.5. The van der Waals surface area contributed by atoms with Gasteiger partial charge in [0.15, 0.2) is 0 Å². The van der Waals surface area contributed by atoms with Crippen LogP contribution in [-0.2, 0) is 16.4 Å². The first-order valence-electron chi connectivity index (χ1n) is 11.0. The molecule has 1 aliphatic rings. The molecule has 9 heteroatoms. The van der Waals surface area contributed by atoms with Gasteiger partial charge in [-0.25, -0.2) is 0 Å².